The molecule has 0 saturated heterocycles. The monoisotopic (exact) mass is 305 g/mol. The molecular weight excluding hydrogens is 278 g/mol. The minimum Gasteiger partial charge on any atom is -0.466 e. The number of hydrogen-bond donors (Lipinski definition) is 0. The van der Waals surface area contributed by atoms with Crippen LogP contribution < -0.4 is 0 Å². The van der Waals surface area contributed by atoms with E-state index >= 15 is 0 Å². The Balaban J connectivity index is 2.36. The molecule has 5 heteroatoms. The van der Waals surface area contributed by atoms with Crippen LogP contribution in [-0.4, -0.2) is 31.2 Å². The second-order valence-electron chi connectivity index (χ2n) is 5.25. The van der Waals surface area contributed by atoms with Gasteiger partial charge in [0.15, 0.2) is 0 Å². The van der Waals surface area contributed by atoms with Crippen molar-refractivity contribution in [1.82, 2.24) is 5.01 Å². The molecule has 122 valence electrons. The van der Waals surface area contributed by atoms with Gasteiger partial charge in [-0.1, -0.05) is 30.7 Å². The SMILES string of the molecule is CCCCN(C)N=Nc1ccc(CCCC(=O)OCC)cc1. The Bertz CT molecular complexity index is 457. The van der Waals surface area contributed by atoms with E-state index in [4.69, 9.17) is 4.74 Å². The molecule has 0 spiro atoms. The standard InChI is InChI=1S/C17H27N3O2/c1-4-6-14-20(3)19-18-16-12-10-15(11-13-16)8-7-9-17(21)22-5-2/h10-13H,4-9,14H2,1-3H3. The third-order valence-electron chi connectivity index (χ3n) is 3.24. The van der Waals surface area contributed by atoms with Crippen molar-refractivity contribution in [2.75, 3.05) is 20.2 Å². The molecule has 1 aromatic carbocycles. The largest absolute Gasteiger partial charge is 0.466 e. The Kier molecular flexibility index (Phi) is 8.88. The van der Waals surface area contributed by atoms with E-state index in [1.807, 2.05) is 43.2 Å². The maximum Gasteiger partial charge on any atom is 0.305 e. The summed E-state index contributed by atoms with van der Waals surface area (Å²) in [5.74, 6) is -0.122. The zero-order valence-electron chi connectivity index (χ0n) is 13.9. The van der Waals surface area contributed by atoms with E-state index in [2.05, 4.69) is 17.3 Å². The molecule has 0 saturated carbocycles. The van der Waals surface area contributed by atoms with E-state index in [9.17, 15) is 4.79 Å². The average molecular weight is 305 g/mol. The minimum atomic E-state index is -0.122. The maximum absolute atomic E-state index is 11.3. The van der Waals surface area contributed by atoms with Crippen LogP contribution in [0.1, 0.15) is 45.1 Å². The van der Waals surface area contributed by atoms with Crippen LogP contribution in [0, 0.1) is 0 Å². The smallest absolute Gasteiger partial charge is 0.305 e. The summed E-state index contributed by atoms with van der Waals surface area (Å²) >= 11 is 0. The molecule has 0 atom stereocenters. The van der Waals surface area contributed by atoms with Crippen LogP contribution in [0.15, 0.2) is 34.6 Å². The Morgan fingerprint density at radius 2 is 1.91 bits per heavy atom. The first-order valence-corrected chi connectivity index (χ1v) is 8.03. The van der Waals surface area contributed by atoms with Crippen molar-refractivity contribution < 1.29 is 9.53 Å². The lowest BCUT2D eigenvalue weighted by atomic mass is 10.1. The predicted molar refractivity (Wildman–Crippen MR) is 88.1 cm³/mol. The first-order chi connectivity index (χ1) is 10.7. The third kappa shape index (κ3) is 7.76. The van der Waals surface area contributed by atoms with E-state index in [0.717, 1.165) is 37.9 Å². The van der Waals surface area contributed by atoms with E-state index in [0.29, 0.717) is 13.0 Å². The van der Waals surface area contributed by atoms with Crippen LogP contribution in [0.2, 0.25) is 0 Å². The van der Waals surface area contributed by atoms with Gasteiger partial charge < -0.3 is 4.74 Å². The number of nitrogens with zero attached hydrogens (tertiary/aromatic N) is 3. The molecule has 0 fully saturated rings. The van der Waals surface area contributed by atoms with Crippen LogP contribution in [-0.2, 0) is 16.0 Å². The second-order valence-corrected chi connectivity index (χ2v) is 5.25. The first-order valence-electron chi connectivity index (χ1n) is 8.03. The molecule has 0 heterocycles. The van der Waals surface area contributed by atoms with Crippen molar-refractivity contribution in [1.29, 1.82) is 0 Å². The Morgan fingerprint density at radius 1 is 1.18 bits per heavy atom. The number of esters is 1. The molecule has 0 bridgehead atoms. The predicted octanol–water partition coefficient (Wildman–Crippen LogP) is 4.30. The molecule has 1 aromatic rings. The average Bonchev–Trinajstić information content (AvgIpc) is 2.52. The van der Waals surface area contributed by atoms with Crippen LogP contribution in [0.5, 0.6) is 0 Å². The van der Waals surface area contributed by atoms with Gasteiger partial charge in [0, 0.05) is 20.0 Å². The van der Waals surface area contributed by atoms with E-state index in [1.54, 1.807) is 0 Å². The van der Waals surface area contributed by atoms with Gasteiger partial charge in [0.2, 0.25) is 0 Å². The zero-order chi connectivity index (χ0) is 16.2. The normalized spacial score (nSPS) is 10.9. The van der Waals surface area contributed by atoms with Crippen molar-refractivity contribution >= 4 is 11.7 Å². The Morgan fingerprint density at radius 3 is 2.55 bits per heavy atom. The highest BCUT2D eigenvalue weighted by Crippen LogP contribution is 2.15. The zero-order valence-corrected chi connectivity index (χ0v) is 13.9. The summed E-state index contributed by atoms with van der Waals surface area (Å²) in [6.45, 7) is 5.35. The Hall–Kier alpha value is -1.91. The van der Waals surface area contributed by atoms with Gasteiger partial charge in [-0.3, -0.25) is 9.80 Å². The van der Waals surface area contributed by atoms with Crippen molar-refractivity contribution in [3.05, 3.63) is 29.8 Å². The number of hydrogen-bond acceptors (Lipinski definition) is 4. The molecule has 22 heavy (non-hydrogen) atoms. The third-order valence-corrected chi connectivity index (χ3v) is 3.24. The van der Waals surface area contributed by atoms with Crippen LogP contribution in [0.3, 0.4) is 0 Å². The fraction of sp³-hybridized carbons (Fsp3) is 0.588. The summed E-state index contributed by atoms with van der Waals surface area (Å²) in [4.78, 5) is 11.3. The summed E-state index contributed by atoms with van der Waals surface area (Å²) in [7, 11) is 1.93. The molecule has 0 aliphatic carbocycles. The number of benzene rings is 1. The molecule has 0 aliphatic rings. The molecule has 1 rings (SSSR count). The highest BCUT2D eigenvalue weighted by Gasteiger charge is 2.02. The molecule has 0 amide bonds. The lowest BCUT2D eigenvalue weighted by Crippen LogP contribution is -2.10. The molecular formula is C17H27N3O2. The quantitative estimate of drug-likeness (QED) is 0.368. The Labute approximate surface area is 133 Å². The van der Waals surface area contributed by atoms with Gasteiger partial charge in [0.25, 0.3) is 0 Å². The molecule has 0 radical (unpaired) electrons. The fourth-order valence-corrected chi connectivity index (χ4v) is 1.96. The minimum absolute atomic E-state index is 0.122. The van der Waals surface area contributed by atoms with Crippen molar-refractivity contribution in [3.63, 3.8) is 0 Å². The molecule has 0 unspecified atom stereocenters. The number of carbonyl (C=O) groups excluding carboxylic acids is 1. The fourth-order valence-electron chi connectivity index (χ4n) is 1.96. The van der Waals surface area contributed by atoms with Crippen molar-refractivity contribution in [2.45, 2.75) is 46.0 Å². The number of rotatable bonds is 10. The topological polar surface area (TPSA) is 54.3 Å². The summed E-state index contributed by atoms with van der Waals surface area (Å²) < 4.78 is 4.91. The van der Waals surface area contributed by atoms with Gasteiger partial charge in [-0.15, -0.1) is 5.11 Å². The molecule has 5 nitrogen and oxygen atoms in total. The molecule has 0 aliphatic heterocycles. The summed E-state index contributed by atoms with van der Waals surface area (Å²) in [6.07, 6.45) is 4.42. The number of ether oxygens (including phenoxy) is 1. The van der Waals surface area contributed by atoms with Gasteiger partial charge in [0.05, 0.1) is 12.3 Å². The second kappa shape index (κ2) is 10.8. The van der Waals surface area contributed by atoms with Crippen LogP contribution in [0.25, 0.3) is 0 Å². The van der Waals surface area contributed by atoms with Gasteiger partial charge in [-0.2, -0.15) is 0 Å². The summed E-state index contributed by atoms with van der Waals surface area (Å²) in [5.41, 5.74) is 2.04. The number of unbranched alkanes of at least 4 members (excludes halogenated alkanes) is 1. The van der Waals surface area contributed by atoms with E-state index in [1.165, 1.54) is 5.56 Å². The lowest BCUT2D eigenvalue weighted by molar-refractivity contribution is -0.143. The van der Waals surface area contributed by atoms with Gasteiger partial charge in [0.1, 0.15) is 0 Å². The van der Waals surface area contributed by atoms with Gasteiger partial charge in [-0.25, -0.2) is 0 Å². The van der Waals surface area contributed by atoms with Gasteiger partial charge in [-0.05, 0) is 43.9 Å². The van der Waals surface area contributed by atoms with E-state index < -0.39 is 0 Å². The lowest BCUT2D eigenvalue weighted by Gasteiger charge is -2.09. The van der Waals surface area contributed by atoms with Gasteiger partial charge >= 0.3 is 5.97 Å². The molecule has 0 aromatic heterocycles. The summed E-state index contributed by atoms with van der Waals surface area (Å²) in [6, 6.07) is 7.98. The molecule has 0 N–H and O–H groups in total. The van der Waals surface area contributed by atoms with Crippen molar-refractivity contribution in [3.8, 4) is 0 Å². The highest BCUT2D eigenvalue weighted by molar-refractivity contribution is 5.69. The van der Waals surface area contributed by atoms with E-state index in [-0.39, 0.29) is 5.97 Å². The van der Waals surface area contributed by atoms with Crippen LogP contribution >= 0.6 is 0 Å². The summed E-state index contributed by atoms with van der Waals surface area (Å²) in [5, 5.41) is 10.2. The number of aryl methyl sites for hydroxylation is 1. The highest BCUT2D eigenvalue weighted by atomic mass is 16.5. The number of carbonyl (C=O) groups is 1. The first kappa shape index (κ1) is 18.1. The van der Waals surface area contributed by atoms with Crippen molar-refractivity contribution in [2.24, 2.45) is 10.3 Å². The van der Waals surface area contributed by atoms with Crippen LogP contribution in [0.4, 0.5) is 5.69 Å². The maximum atomic E-state index is 11.3.